The molecule has 4 nitrogen and oxygen atoms in total. The zero-order valence-corrected chi connectivity index (χ0v) is 14.5. The molecule has 4 saturated carbocycles. The molecule has 0 saturated heterocycles. The molecule has 0 aromatic heterocycles. The Morgan fingerprint density at radius 3 is 2.74 bits per heavy atom. The molecule has 0 spiro atoms. The van der Waals surface area contributed by atoms with Crippen molar-refractivity contribution >= 4 is 5.78 Å². The molecule has 4 rings (SSSR count). The fraction of sp³-hybridized carbons (Fsp3) is 0.947. The number of azide groups is 1. The molecule has 126 valence electrons. The first kappa shape index (κ1) is 15.5. The van der Waals surface area contributed by atoms with Gasteiger partial charge in [0.05, 0.1) is 6.04 Å². The first-order valence-electron chi connectivity index (χ1n) is 9.55. The van der Waals surface area contributed by atoms with Crippen molar-refractivity contribution in [3.05, 3.63) is 10.4 Å². The molecule has 0 amide bonds. The lowest BCUT2D eigenvalue weighted by molar-refractivity contribution is -0.140. The van der Waals surface area contributed by atoms with Gasteiger partial charge >= 0.3 is 0 Å². The van der Waals surface area contributed by atoms with E-state index in [1.807, 2.05) is 0 Å². The number of hydrogen-bond acceptors (Lipinski definition) is 2. The second-order valence-corrected chi connectivity index (χ2v) is 9.34. The topological polar surface area (TPSA) is 65.8 Å². The van der Waals surface area contributed by atoms with Crippen LogP contribution in [-0.2, 0) is 4.79 Å². The summed E-state index contributed by atoms with van der Waals surface area (Å²) in [5.41, 5.74) is 9.60. The van der Waals surface area contributed by atoms with Gasteiger partial charge in [-0.1, -0.05) is 25.4 Å². The van der Waals surface area contributed by atoms with Gasteiger partial charge < -0.3 is 0 Å². The monoisotopic (exact) mass is 315 g/mol. The summed E-state index contributed by atoms with van der Waals surface area (Å²) in [6, 6.07) is -0.406. The quantitative estimate of drug-likeness (QED) is 0.369. The SMILES string of the molecule is C[C@@]12CCC[C@H]1[C@@H]1CC[C@H]3CC(=O)C(N=[N+]=[N-])C[C@]3(C)[C@H]1CC2. The zero-order chi connectivity index (χ0) is 16.2. The highest BCUT2D eigenvalue weighted by Crippen LogP contribution is 2.66. The van der Waals surface area contributed by atoms with Crippen LogP contribution < -0.4 is 0 Å². The molecule has 23 heavy (non-hydrogen) atoms. The van der Waals surface area contributed by atoms with Gasteiger partial charge in [0.1, 0.15) is 5.78 Å². The number of Topliss-reactive ketones (excluding diaryl/α,β-unsaturated/α-hetero) is 1. The van der Waals surface area contributed by atoms with Crippen molar-refractivity contribution in [2.45, 2.75) is 77.7 Å². The summed E-state index contributed by atoms with van der Waals surface area (Å²) in [5, 5.41) is 3.85. The van der Waals surface area contributed by atoms with Crippen LogP contribution in [0, 0.1) is 34.5 Å². The first-order valence-corrected chi connectivity index (χ1v) is 9.55. The number of nitrogens with zero attached hydrogens (tertiary/aromatic N) is 3. The van der Waals surface area contributed by atoms with Gasteiger partial charge in [0.2, 0.25) is 0 Å². The highest BCUT2D eigenvalue weighted by Gasteiger charge is 2.58. The van der Waals surface area contributed by atoms with E-state index in [0.29, 0.717) is 17.8 Å². The Labute approximate surface area is 139 Å². The predicted octanol–water partition coefficient (Wildman–Crippen LogP) is 5.28. The lowest BCUT2D eigenvalue weighted by atomic mass is 9.45. The number of rotatable bonds is 1. The molecule has 1 unspecified atom stereocenters. The number of fused-ring (bicyclic) bond motifs is 5. The van der Waals surface area contributed by atoms with Crippen molar-refractivity contribution in [1.82, 2.24) is 0 Å². The van der Waals surface area contributed by atoms with Gasteiger partial charge in [0, 0.05) is 11.3 Å². The second-order valence-electron chi connectivity index (χ2n) is 9.34. The third kappa shape index (κ3) is 2.17. The number of carbonyl (C=O) groups excluding carboxylic acids is 1. The van der Waals surface area contributed by atoms with Crippen molar-refractivity contribution in [2.24, 2.45) is 39.6 Å². The van der Waals surface area contributed by atoms with E-state index in [-0.39, 0.29) is 11.2 Å². The first-order chi connectivity index (χ1) is 11.0. The maximum Gasteiger partial charge on any atom is 0.142 e. The summed E-state index contributed by atoms with van der Waals surface area (Å²) >= 11 is 0. The Hall–Kier alpha value is -1.02. The normalized spacial score (nSPS) is 52.1. The van der Waals surface area contributed by atoms with E-state index >= 15 is 0 Å². The maximum atomic E-state index is 12.3. The largest absolute Gasteiger partial charge is 0.299 e. The van der Waals surface area contributed by atoms with Crippen LogP contribution in [0.25, 0.3) is 10.4 Å². The molecule has 0 aliphatic heterocycles. The number of ketones is 1. The van der Waals surface area contributed by atoms with Gasteiger partial charge in [-0.05, 0) is 85.0 Å². The Morgan fingerprint density at radius 1 is 1.13 bits per heavy atom. The van der Waals surface area contributed by atoms with E-state index in [1.165, 1.54) is 44.9 Å². The van der Waals surface area contributed by atoms with Crippen molar-refractivity contribution in [3.8, 4) is 0 Å². The minimum absolute atomic E-state index is 0.185. The van der Waals surface area contributed by atoms with Crippen LogP contribution in [0.4, 0.5) is 0 Å². The molecule has 0 aromatic carbocycles. The van der Waals surface area contributed by atoms with Crippen LogP contribution in [0.5, 0.6) is 0 Å². The molecule has 4 heteroatoms. The molecule has 4 aliphatic carbocycles. The van der Waals surface area contributed by atoms with Crippen LogP contribution in [0.3, 0.4) is 0 Å². The summed E-state index contributed by atoms with van der Waals surface area (Å²) in [4.78, 5) is 15.3. The van der Waals surface area contributed by atoms with Gasteiger partial charge in [-0.2, -0.15) is 0 Å². The number of carbonyl (C=O) groups is 1. The summed E-state index contributed by atoms with van der Waals surface area (Å²) in [7, 11) is 0. The molecular formula is C19H29N3O. The molecule has 0 heterocycles. The van der Waals surface area contributed by atoms with Gasteiger partial charge in [-0.15, -0.1) is 0 Å². The zero-order valence-electron chi connectivity index (χ0n) is 14.5. The predicted molar refractivity (Wildman–Crippen MR) is 89.7 cm³/mol. The minimum Gasteiger partial charge on any atom is -0.299 e. The van der Waals surface area contributed by atoms with Gasteiger partial charge in [0.15, 0.2) is 0 Å². The maximum absolute atomic E-state index is 12.3. The second kappa shape index (κ2) is 5.24. The Kier molecular flexibility index (Phi) is 3.53. The summed E-state index contributed by atoms with van der Waals surface area (Å²) in [6.45, 7) is 4.95. The highest BCUT2D eigenvalue weighted by molar-refractivity contribution is 5.85. The molecule has 0 radical (unpaired) electrons. The molecule has 4 fully saturated rings. The molecule has 7 atom stereocenters. The molecule has 4 aliphatic rings. The summed E-state index contributed by atoms with van der Waals surface area (Å²) < 4.78 is 0. The fourth-order valence-corrected chi connectivity index (χ4v) is 7.26. The summed E-state index contributed by atoms with van der Waals surface area (Å²) in [6.07, 6.45) is 10.9. The van der Waals surface area contributed by atoms with Gasteiger partial charge in [0.25, 0.3) is 0 Å². The lowest BCUT2D eigenvalue weighted by Gasteiger charge is -2.60. The fourth-order valence-electron chi connectivity index (χ4n) is 7.26. The lowest BCUT2D eigenvalue weighted by Crippen LogP contribution is -2.55. The van der Waals surface area contributed by atoms with E-state index in [2.05, 4.69) is 23.9 Å². The van der Waals surface area contributed by atoms with Crippen molar-refractivity contribution in [2.75, 3.05) is 0 Å². The van der Waals surface area contributed by atoms with Gasteiger partial charge in [-0.3, -0.25) is 4.79 Å². The van der Waals surface area contributed by atoms with Crippen LogP contribution in [-0.4, -0.2) is 11.8 Å². The third-order valence-electron chi connectivity index (χ3n) is 8.49. The highest BCUT2D eigenvalue weighted by atomic mass is 16.1. The van der Waals surface area contributed by atoms with Crippen molar-refractivity contribution < 1.29 is 4.79 Å². The van der Waals surface area contributed by atoms with E-state index < -0.39 is 6.04 Å². The Bertz CT molecular complexity index is 569. The van der Waals surface area contributed by atoms with Crippen LogP contribution >= 0.6 is 0 Å². The minimum atomic E-state index is -0.406. The molecular weight excluding hydrogens is 286 g/mol. The van der Waals surface area contributed by atoms with E-state index in [4.69, 9.17) is 5.53 Å². The van der Waals surface area contributed by atoms with Crippen molar-refractivity contribution in [3.63, 3.8) is 0 Å². The Morgan fingerprint density at radius 2 is 1.96 bits per heavy atom. The van der Waals surface area contributed by atoms with Crippen LogP contribution in [0.1, 0.15) is 71.6 Å². The average molecular weight is 315 g/mol. The van der Waals surface area contributed by atoms with E-state index in [9.17, 15) is 4.79 Å². The summed E-state index contributed by atoms with van der Waals surface area (Å²) in [5.74, 6) is 3.19. The smallest absolute Gasteiger partial charge is 0.142 e. The number of hydrogen-bond donors (Lipinski definition) is 0. The molecule has 0 aromatic rings. The van der Waals surface area contributed by atoms with E-state index in [0.717, 1.165) is 24.2 Å². The third-order valence-corrected chi connectivity index (χ3v) is 8.49. The standard InChI is InChI=1S/C19H29N3O/c1-18-8-3-4-14(18)13-6-5-12-10-17(23)16(21-22-20)11-19(12,2)15(13)7-9-18/h12-16H,3-11H2,1-2H3/t12-,13-,14-,15-,16?,18-,19-/m0/s1. The molecule has 0 bridgehead atoms. The van der Waals surface area contributed by atoms with Crippen LogP contribution in [0.2, 0.25) is 0 Å². The molecule has 0 N–H and O–H groups in total. The van der Waals surface area contributed by atoms with Crippen molar-refractivity contribution in [1.29, 1.82) is 0 Å². The average Bonchev–Trinajstić information content (AvgIpc) is 2.91. The Balaban J connectivity index is 1.65. The van der Waals surface area contributed by atoms with Gasteiger partial charge in [-0.25, -0.2) is 0 Å². The van der Waals surface area contributed by atoms with Crippen LogP contribution in [0.15, 0.2) is 5.11 Å². The van der Waals surface area contributed by atoms with E-state index in [1.54, 1.807) is 0 Å².